The van der Waals surface area contributed by atoms with E-state index in [4.69, 9.17) is 4.42 Å². The molecular formula is C8H8N2O. The van der Waals surface area contributed by atoms with E-state index >= 15 is 0 Å². The number of hydrogen-bond acceptors (Lipinski definition) is 2. The summed E-state index contributed by atoms with van der Waals surface area (Å²) >= 11 is 0. The lowest BCUT2D eigenvalue weighted by Gasteiger charge is -1.86. The summed E-state index contributed by atoms with van der Waals surface area (Å²) < 4.78 is 5.29. The summed E-state index contributed by atoms with van der Waals surface area (Å²) in [4.78, 5) is 7.07. The van der Waals surface area contributed by atoms with Gasteiger partial charge in [0.1, 0.15) is 11.5 Å². The minimum absolute atomic E-state index is 0.646. The van der Waals surface area contributed by atoms with Crippen LogP contribution in [-0.4, -0.2) is 9.97 Å². The molecule has 2 heterocycles. The Bertz CT molecular complexity index is 335. The van der Waals surface area contributed by atoms with Crippen LogP contribution in [0.25, 0.3) is 11.6 Å². The van der Waals surface area contributed by atoms with Crippen LogP contribution < -0.4 is 0 Å². The van der Waals surface area contributed by atoms with E-state index in [2.05, 4.69) is 9.97 Å². The molecule has 0 atom stereocenters. The van der Waals surface area contributed by atoms with Gasteiger partial charge < -0.3 is 9.40 Å². The average Bonchev–Trinajstić information content (AvgIpc) is 2.55. The molecular weight excluding hydrogens is 140 g/mol. The van der Waals surface area contributed by atoms with Crippen molar-refractivity contribution >= 4 is 0 Å². The minimum atomic E-state index is 0.646. The number of aromatic amines is 1. The first-order valence-corrected chi connectivity index (χ1v) is 3.42. The van der Waals surface area contributed by atoms with Gasteiger partial charge in [-0.15, -0.1) is 0 Å². The predicted octanol–water partition coefficient (Wildman–Crippen LogP) is 1.98. The van der Waals surface area contributed by atoms with E-state index in [1.54, 1.807) is 6.20 Å². The van der Waals surface area contributed by atoms with Crippen molar-refractivity contribution in [1.29, 1.82) is 0 Å². The van der Waals surface area contributed by atoms with E-state index in [9.17, 15) is 0 Å². The number of aromatic nitrogens is 2. The lowest BCUT2D eigenvalue weighted by Crippen LogP contribution is -1.73. The van der Waals surface area contributed by atoms with Gasteiger partial charge in [0.15, 0.2) is 0 Å². The van der Waals surface area contributed by atoms with Gasteiger partial charge in [-0.25, -0.2) is 4.98 Å². The molecule has 1 N–H and O–H groups in total. The fourth-order valence-electron chi connectivity index (χ4n) is 0.943. The van der Waals surface area contributed by atoms with Crippen LogP contribution in [0.15, 0.2) is 28.9 Å². The molecule has 2 rings (SSSR count). The van der Waals surface area contributed by atoms with E-state index in [0.717, 1.165) is 11.5 Å². The fraction of sp³-hybridized carbons (Fsp3) is 0.125. The summed E-state index contributed by atoms with van der Waals surface area (Å²) in [6.07, 6.45) is 3.55. The molecule has 3 nitrogen and oxygen atoms in total. The second-order valence-electron chi connectivity index (χ2n) is 2.36. The predicted molar refractivity (Wildman–Crippen MR) is 41.0 cm³/mol. The van der Waals surface area contributed by atoms with Crippen LogP contribution in [0.2, 0.25) is 0 Å². The van der Waals surface area contributed by atoms with E-state index in [0.29, 0.717) is 5.89 Å². The van der Waals surface area contributed by atoms with Crippen LogP contribution in [0.1, 0.15) is 5.76 Å². The quantitative estimate of drug-likeness (QED) is 0.671. The van der Waals surface area contributed by atoms with Crippen LogP contribution in [0.4, 0.5) is 0 Å². The van der Waals surface area contributed by atoms with Crippen LogP contribution in [0.5, 0.6) is 0 Å². The Balaban J connectivity index is 2.45. The largest absolute Gasteiger partial charge is 0.440 e. The lowest BCUT2D eigenvalue weighted by molar-refractivity contribution is 0.541. The second kappa shape index (κ2) is 2.27. The van der Waals surface area contributed by atoms with Gasteiger partial charge in [0.25, 0.3) is 0 Å². The van der Waals surface area contributed by atoms with E-state index in [1.807, 2.05) is 25.3 Å². The Kier molecular flexibility index (Phi) is 1.28. The maximum Gasteiger partial charge on any atom is 0.243 e. The van der Waals surface area contributed by atoms with Gasteiger partial charge in [-0.1, -0.05) is 0 Å². The van der Waals surface area contributed by atoms with Crippen molar-refractivity contribution in [2.45, 2.75) is 6.92 Å². The molecule has 0 bridgehead atoms. The Hall–Kier alpha value is -1.51. The summed E-state index contributed by atoms with van der Waals surface area (Å²) in [5.41, 5.74) is 0.915. The molecule has 0 saturated carbocycles. The van der Waals surface area contributed by atoms with Crippen LogP contribution in [0, 0.1) is 6.92 Å². The van der Waals surface area contributed by atoms with E-state index in [1.165, 1.54) is 0 Å². The number of nitrogens with one attached hydrogen (secondary N) is 1. The third kappa shape index (κ3) is 1.05. The van der Waals surface area contributed by atoms with Crippen molar-refractivity contribution in [2.75, 3.05) is 0 Å². The highest BCUT2D eigenvalue weighted by Gasteiger charge is 2.02. The third-order valence-electron chi connectivity index (χ3n) is 1.45. The number of H-pyrrole nitrogens is 1. The molecule has 0 radical (unpaired) electrons. The van der Waals surface area contributed by atoms with Gasteiger partial charge in [0, 0.05) is 6.20 Å². The first-order chi connectivity index (χ1) is 5.36. The van der Waals surface area contributed by atoms with Gasteiger partial charge in [0.2, 0.25) is 5.89 Å². The molecule has 0 unspecified atom stereocenters. The molecule has 3 heteroatoms. The average molecular weight is 148 g/mol. The molecule has 0 spiro atoms. The van der Waals surface area contributed by atoms with Gasteiger partial charge in [-0.3, -0.25) is 0 Å². The molecule has 2 aromatic rings. The van der Waals surface area contributed by atoms with Crippen LogP contribution in [-0.2, 0) is 0 Å². The summed E-state index contributed by atoms with van der Waals surface area (Å²) in [6, 6.07) is 3.83. The molecule has 56 valence electrons. The number of hydrogen-bond donors (Lipinski definition) is 1. The molecule has 0 saturated heterocycles. The smallest absolute Gasteiger partial charge is 0.243 e. The number of aryl methyl sites for hydroxylation is 1. The van der Waals surface area contributed by atoms with Crippen LogP contribution in [0.3, 0.4) is 0 Å². The molecule has 2 aromatic heterocycles. The molecule has 0 amide bonds. The van der Waals surface area contributed by atoms with Crippen molar-refractivity contribution in [3.8, 4) is 11.6 Å². The second-order valence-corrected chi connectivity index (χ2v) is 2.36. The van der Waals surface area contributed by atoms with Gasteiger partial charge in [0.05, 0.1) is 6.20 Å². The molecule has 0 aliphatic carbocycles. The SMILES string of the molecule is Cc1cnc(-c2ccc[nH]2)o1. The van der Waals surface area contributed by atoms with Gasteiger partial charge in [-0.05, 0) is 19.1 Å². The van der Waals surface area contributed by atoms with Gasteiger partial charge >= 0.3 is 0 Å². The zero-order chi connectivity index (χ0) is 7.68. The number of rotatable bonds is 1. The highest BCUT2D eigenvalue weighted by Crippen LogP contribution is 2.15. The minimum Gasteiger partial charge on any atom is -0.440 e. The standard InChI is InChI=1S/C8H8N2O/c1-6-5-10-8(11-6)7-3-2-4-9-7/h2-5,9H,1H3. The Morgan fingerprint density at radius 3 is 3.00 bits per heavy atom. The molecule has 11 heavy (non-hydrogen) atoms. The number of oxazole rings is 1. The van der Waals surface area contributed by atoms with Crippen molar-refractivity contribution in [1.82, 2.24) is 9.97 Å². The van der Waals surface area contributed by atoms with Crippen LogP contribution >= 0.6 is 0 Å². The topological polar surface area (TPSA) is 41.8 Å². The van der Waals surface area contributed by atoms with Crippen molar-refractivity contribution in [2.24, 2.45) is 0 Å². The van der Waals surface area contributed by atoms with Crippen molar-refractivity contribution in [3.63, 3.8) is 0 Å². The first-order valence-electron chi connectivity index (χ1n) is 3.42. The molecule has 0 aliphatic rings. The zero-order valence-electron chi connectivity index (χ0n) is 6.16. The molecule has 0 fully saturated rings. The first kappa shape index (κ1) is 6.22. The number of nitrogens with zero attached hydrogens (tertiary/aromatic N) is 1. The zero-order valence-corrected chi connectivity index (χ0v) is 6.16. The highest BCUT2D eigenvalue weighted by molar-refractivity contribution is 5.46. The Labute approximate surface area is 64.1 Å². The normalized spacial score (nSPS) is 10.3. The van der Waals surface area contributed by atoms with Crippen molar-refractivity contribution in [3.05, 3.63) is 30.3 Å². The Morgan fingerprint density at radius 2 is 2.45 bits per heavy atom. The summed E-state index contributed by atoms with van der Waals surface area (Å²) in [5, 5.41) is 0. The monoisotopic (exact) mass is 148 g/mol. The van der Waals surface area contributed by atoms with E-state index in [-0.39, 0.29) is 0 Å². The van der Waals surface area contributed by atoms with Gasteiger partial charge in [-0.2, -0.15) is 0 Å². The summed E-state index contributed by atoms with van der Waals surface area (Å²) in [6.45, 7) is 1.87. The lowest BCUT2D eigenvalue weighted by atomic mass is 10.4. The highest BCUT2D eigenvalue weighted by atomic mass is 16.4. The Morgan fingerprint density at radius 1 is 1.55 bits per heavy atom. The van der Waals surface area contributed by atoms with Crippen molar-refractivity contribution < 1.29 is 4.42 Å². The summed E-state index contributed by atoms with van der Waals surface area (Å²) in [7, 11) is 0. The maximum atomic E-state index is 5.29. The summed E-state index contributed by atoms with van der Waals surface area (Å²) in [5.74, 6) is 1.47. The van der Waals surface area contributed by atoms with E-state index < -0.39 is 0 Å². The molecule has 0 aliphatic heterocycles. The molecule has 0 aromatic carbocycles. The maximum absolute atomic E-state index is 5.29. The third-order valence-corrected chi connectivity index (χ3v) is 1.45. The fourth-order valence-corrected chi connectivity index (χ4v) is 0.943.